The van der Waals surface area contributed by atoms with Gasteiger partial charge in [-0.05, 0) is 88.2 Å². The minimum atomic E-state index is -0.0316. The Morgan fingerprint density at radius 2 is 1.20 bits per heavy atom. The number of rotatable bonds is 6. The van der Waals surface area contributed by atoms with Gasteiger partial charge in [0.2, 0.25) is 0 Å². The second-order valence-electron chi connectivity index (χ2n) is 16.6. The number of ether oxygens (including phenoxy) is 1. The Kier molecular flexibility index (Phi) is 8.27. The quantitative estimate of drug-likeness (QED) is 0.171. The van der Waals surface area contributed by atoms with E-state index in [-0.39, 0.29) is 10.8 Å². The van der Waals surface area contributed by atoms with Gasteiger partial charge in [-0.1, -0.05) is 120 Å². The summed E-state index contributed by atoms with van der Waals surface area (Å²) in [7, 11) is 0. The van der Waals surface area contributed by atoms with Crippen LogP contribution in [0.5, 0.6) is 11.5 Å². The number of hydrogen-bond donors (Lipinski definition) is 0. The number of benzene rings is 6. The standard InChI is InChI=1S/C50H46N4O/c1-49(2,3)35-28-29-51-47(30-35)54-42-22-11-10-20-39(42)40-27-26-38(32-46(40)54)55-37-19-14-18-36(31-37)52-33-53(44-24-13-12-23-43(44)52)45-25-15-21-41(50(4,5)6)48(45)34-16-8-7-9-17-34/h7-32H,33H2,1-6H3. The van der Waals surface area contributed by atoms with E-state index >= 15 is 0 Å². The molecule has 2 aromatic heterocycles. The Morgan fingerprint density at radius 3 is 1.98 bits per heavy atom. The molecule has 0 aliphatic carbocycles. The molecule has 0 atom stereocenters. The van der Waals surface area contributed by atoms with Crippen molar-refractivity contribution in [2.45, 2.75) is 52.4 Å². The van der Waals surface area contributed by atoms with Crippen molar-refractivity contribution >= 4 is 44.6 Å². The maximum absolute atomic E-state index is 6.71. The first-order valence-electron chi connectivity index (χ1n) is 19.2. The fourth-order valence-electron chi connectivity index (χ4n) is 8.06. The van der Waals surface area contributed by atoms with Crippen LogP contribution in [0, 0.1) is 0 Å². The molecule has 0 saturated carbocycles. The van der Waals surface area contributed by atoms with E-state index in [2.05, 4.69) is 202 Å². The zero-order valence-electron chi connectivity index (χ0n) is 32.4. The summed E-state index contributed by atoms with van der Waals surface area (Å²) in [6.45, 7) is 14.3. The molecule has 272 valence electrons. The molecule has 0 fully saturated rings. The van der Waals surface area contributed by atoms with Crippen molar-refractivity contribution in [2.75, 3.05) is 16.5 Å². The first-order chi connectivity index (χ1) is 26.5. The lowest BCUT2D eigenvalue weighted by molar-refractivity contribution is 0.483. The van der Waals surface area contributed by atoms with E-state index in [0.717, 1.165) is 39.7 Å². The summed E-state index contributed by atoms with van der Waals surface area (Å²) in [4.78, 5) is 9.70. The lowest BCUT2D eigenvalue weighted by atomic mass is 9.81. The number of aromatic nitrogens is 2. The molecule has 0 unspecified atom stereocenters. The monoisotopic (exact) mass is 718 g/mol. The van der Waals surface area contributed by atoms with Gasteiger partial charge >= 0.3 is 0 Å². The van der Waals surface area contributed by atoms with Gasteiger partial charge < -0.3 is 14.5 Å². The van der Waals surface area contributed by atoms with Crippen LogP contribution in [0.4, 0.5) is 22.7 Å². The third-order valence-corrected chi connectivity index (χ3v) is 10.8. The molecule has 5 heteroatoms. The van der Waals surface area contributed by atoms with E-state index in [9.17, 15) is 0 Å². The van der Waals surface area contributed by atoms with Crippen molar-refractivity contribution in [3.05, 3.63) is 169 Å². The highest BCUT2D eigenvalue weighted by Crippen LogP contribution is 2.49. The van der Waals surface area contributed by atoms with Crippen LogP contribution in [0.25, 0.3) is 38.8 Å². The van der Waals surface area contributed by atoms with Gasteiger partial charge in [0, 0.05) is 40.4 Å². The Balaban J connectivity index is 1.09. The first-order valence-corrected chi connectivity index (χ1v) is 19.2. The summed E-state index contributed by atoms with van der Waals surface area (Å²) in [6, 6.07) is 54.0. The minimum Gasteiger partial charge on any atom is -0.457 e. The van der Waals surface area contributed by atoms with Crippen molar-refractivity contribution in [2.24, 2.45) is 0 Å². The van der Waals surface area contributed by atoms with Crippen molar-refractivity contribution in [1.82, 2.24) is 9.55 Å². The SMILES string of the molecule is CC(C)(C)c1ccnc(-n2c3ccccc3c3ccc(Oc4cccc(N5CN(c6cccc(C(C)(C)C)c6-c6ccccc6)c6ccccc65)c4)cc32)c1. The molecule has 0 bridgehead atoms. The predicted octanol–water partition coefficient (Wildman–Crippen LogP) is 13.5. The lowest BCUT2D eigenvalue weighted by Crippen LogP contribution is -2.25. The number of pyridine rings is 1. The summed E-state index contributed by atoms with van der Waals surface area (Å²) in [5, 5.41) is 2.36. The third kappa shape index (κ3) is 6.20. The van der Waals surface area contributed by atoms with Crippen LogP contribution in [0.3, 0.4) is 0 Å². The average Bonchev–Trinajstić information content (AvgIpc) is 3.73. The zero-order valence-corrected chi connectivity index (χ0v) is 32.4. The molecule has 55 heavy (non-hydrogen) atoms. The number of nitrogens with zero attached hydrogens (tertiary/aromatic N) is 4. The fraction of sp³-hybridized carbons (Fsp3) is 0.180. The van der Waals surface area contributed by atoms with Crippen LogP contribution in [0.15, 0.2) is 158 Å². The normalized spacial score (nSPS) is 13.1. The second kappa shape index (κ2) is 13.2. The van der Waals surface area contributed by atoms with Gasteiger partial charge in [-0.25, -0.2) is 4.98 Å². The number of hydrogen-bond acceptors (Lipinski definition) is 4. The van der Waals surface area contributed by atoms with E-state index < -0.39 is 0 Å². The Morgan fingerprint density at radius 1 is 0.527 bits per heavy atom. The van der Waals surface area contributed by atoms with Gasteiger partial charge in [0.05, 0.1) is 28.1 Å². The maximum atomic E-state index is 6.71. The Labute approximate surface area is 324 Å². The molecule has 5 nitrogen and oxygen atoms in total. The molecule has 1 aliphatic rings. The summed E-state index contributed by atoms with van der Waals surface area (Å²) >= 11 is 0. The largest absolute Gasteiger partial charge is 0.457 e. The van der Waals surface area contributed by atoms with Crippen molar-refractivity contribution < 1.29 is 4.74 Å². The van der Waals surface area contributed by atoms with E-state index in [1.165, 1.54) is 44.4 Å². The molecular weight excluding hydrogens is 673 g/mol. The van der Waals surface area contributed by atoms with Gasteiger partial charge in [0.1, 0.15) is 24.0 Å². The van der Waals surface area contributed by atoms with Gasteiger partial charge in [-0.3, -0.25) is 4.57 Å². The second-order valence-corrected chi connectivity index (χ2v) is 16.6. The minimum absolute atomic E-state index is 0.00324. The lowest BCUT2D eigenvalue weighted by Gasteiger charge is -2.30. The van der Waals surface area contributed by atoms with Crippen LogP contribution < -0.4 is 14.5 Å². The molecule has 0 radical (unpaired) electrons. The van der Waals surface area contributed by atoms with Gasteiger partial charge in [-0.15, -0.1) is 0 Å². The van der Waals surface area contributed by atoms with Crippen LogP contribution in [0.1, 0.15) is 52.7 Å². The van der Waals surface area contributed by atoms with Gasteiger partial charge in [-0.2, -0.15) is 0 Å². The summed E-state index contributed by atoms with van der Waals surface area (Å²) in [5.74, 6) is 2.46. The number of fused-ring (bicyclic) bond motifs is 4. The van der Waals surface area contributed by atoms with Crippen LogP contribution in [0.2, 0.25) is 0 Å². The average molecular weight is 719 g/mol. The molecule has 3 heterocycles. The first kappa shape index (κ1) is 34.4. The highest BCUT2D eigenvalue weighted by Gasteiger charge is 2.31. The molecule has 1 aliphatic heterocycles. The van der Waals surface area contributed by atoms with E-state index in [4.69, 9.17) is 9.72 Å². The van der Waals surface area contributed by atoms with E-state index in [1.54, 1.807) is 0 Å². The molecule has 9 rings (SSSR count). The number of para-hydroxylation sites is 3. The molecule has 0 saturated heterocycles. The van der Waals surface area contributed by atoms with Crippen molar-refractivity contribution in [3.63, 3.8) is 0 Å². The zero-order chi connectivity index (χ0) is 37.9. The molecule has 0 N–H and O–H groups in total. The smallest absolute Gasteiger partial charge is 0.137 e. The molecule has 6 aromatic carbocycles. The summed E-state index contributed by atoms with van der Waals surface area (Å²) < 4.78 is 8.97. The van der Waals surface area contributed by atoms with E-state index in [1.807, 2.05) is 12.3 Å². The molecule has 8 aromatic rings. The van der Waals surface area contributed by atoms with Crippen LogP contribution in [-0.2, 0) is 10.8 Å². The topological polar surface area (TPSA) is 33.5 Å². The molecule has 0 amide bonds. The molecular formula is C50H46N4O. The predicted molar refractivity (Wildman–Crippen MR) is 230 cm³/mol. The Bertz CT molecular complexity index is 2700. The number of anilines is 4. The highest BCUT2D eigenvalue weighted by atomic mass is 16.5. The highest BCUT2D eigenvalue weighted by molar-refractivity contribution is 6.09. The van der Waals surface area contributed by atoms with Crippen molar-refractivity contribution in [1.29, 1.82) is 0 Å². The summed E-state index contributed by atoms with van der Waals surface area (Å²) in [6.07, 6.45) is 1.92. The Hall–Kier alpha value is -6.33. The molecule has 0 spiro atoms. The van der Waals surface area contributed by atoms with Crippen LogP contribution in [-0.4, -0.2) is 16.2 Å². The maximum Gasteiger partial charge on any atom is 0.137 e. The fourth-order valence-corrected chi connectivity index (χ4v) is 8.06. The summed E-state index contributed by atoms with van der Waals surface area (Å²) in [5.41, 5.74) is 11.8. The van der Waals surface area contributed by atoms with Gasteiger partial charge in [0.15, 0.2) is 0 Å². The third-order valence-electron chi connectivity index (χ3n) is 10.8. The van der Waals surface area contributed by atoms with Gasteiger partial charge in [0.25, 0.3) is 0 Å². The van der Waals surface area contributed by atoms with Crippen molar-refractivity contribution in [3.8, 4) is 28.4 Å². The van der Waals surface area contributed by atoms with E-state index in [0.29, 0.717) is 6.67 Å². The van der Waals surface area contributed by atoms with Crippen LogP contribution >= 0.6 is 0 Å².